The number of para-hydroxylation sites is 2. The van der Waals surface area contributed by atoms with Crippen LogP contribution in [0, 0.1) is 0 Å². The van der Waals surface area contributed by atoms with Gasteiger partial charge in [-0.3, -0.25) is 9.59 Å². The van der Waals surface area contributed by atoms with Gasteiger partial charge in [0.25, 0.3) is 5.56 Å². The Morgan fingerprint density at radius 2 is 1.78 bits per heavy atom. The van der Waals surface area contributed by atoms with Crippen LogP contribution in [0.2, 0.25) is 5.02 Å². The number of fused-ring (bicyclic) bond motifs is 1. The van der Waals surface area contributed by atoms with Crippen molar-refractivity contribution in [3.63, 3.8) is 0 Å². The minimum atomic E-state index is -0.462. The van der Waals surface area contributed by atoms with Gasteiger partial charge in [-0.25, -0.2) is 5.01 Å². The van der Waals surface area contributed by atoms with Crippen LogP contribution < -0.4 is 15.0 Å². The van der Waals surface area contributed by atoms with Gasteiger partial charge < -0.3 is 14.5 Å². The lowest BCUT2D eigenvalue weighted by atomic mass is 9.90. The highest BCUT2D eigenvalue weighted by Gasteiger charge is 2.36. The maximum absolute atomic E-state index is 13.6. The highest BCUT2D eigenvalue weighted by Crippen LogP contribution is 2.43. The van der Waals surface area contributed by atoms with Crippen molar-refractivity contribution < 1.29 is 14.3 Å². The lowest BCUT2D eigenvalue weighted by Gasteiger charge is -2.24. The number of halogens is 1. The first kappa shape index (κ1) is 24.6. The first-order chi connectivity index (χ1) is 18.0. The minimum absolute atomic E-state index is 0.157. The van der Waals surface area contributed by atoms with Gasteiger partial charge in [0.15, 0.2) is 11.5 Å². The molecule has 3 aromatic carbocycles. The van der Waals surface area contributed by atoms with Crippen molar-refractivity contribution in [2.24, 2.45) is 5.10 Å². The molecule has 0 saturated heterocycles. The number of rotatable bonds is 6. The quantitative estimate of drug-likeness (QED) is 0.344. The topological polar surface area (TPSA) is 84.0 Å². The van der Waals surface area contributed by atoms with E-state index in [1.165, 1.54) is 5.01 Å². The Labute approximate surface area is 219 Å². The molecule has 7 nitrogen and oxygen atoms in total. The van der Waals surface area contributed by atoms with Crippen molar-refractivity contribution in [3.05, 3.63) is 93.2 Å². The fourth-order valence-electron chi connectivity index (χ4n) is 4.90. The zero-order valence-electron chi connectivity index (χ0n) is 20.7. The highest BCUT2D eigenvalue weighted by atomic mass is 35.5. The molecule has 8 heteroatoms. The van der Waals surface area contributed by atoms with E-state index < -0.39 is 6.04 Å². The number of benzene rings is 3. The van der Waals surface area contributed by atoms with Crippen molar-refractivity contribution in [2.75, 3.05) is 14.2 Å². The number of amides is 1. The Morgan fingerprint density at radius 3 is 2.49 bits per heavy atom. The fourth-order valence-corrected chi connectivity index (χ4v) is 5.03. The van der Waals surface area contributed by atoms with Gasteiger partial charge in [-0.2, -0.15) is 5.10 Å². The smallest absolute Gasteiger partial charge is 0.258 e. The number of carbonyl (C=O) groups excluding carboxylic acids is 1. The third-order valence-electron chi connectivity index (χ3n) is 6.60. The molecule has 188 valence electrons. The number of H-pyrrole nitrogens is 1. The number of nitrogens with zero attached hydrogens (tertiary/aromatic N) is 2. The zero-order valence-corrected chi connectivity index (χ0v) is 21.5. The van der Waals surface area contributed by atoms with Crippen LogP contribution in [0.5, 0.6) is 11.5 Å². The lowest BCUT2D eigenvalue weighted by Crippen LogP contribution is -2.26. The third-order valence-corrected chi connectivity index (χ3v) is 6.86. The predicted octanol–water partition coefficient (Wildman–Crippen LogP) is 5.95. The second kappa shape index (κ2) is 10.1. The summed E-state index contributed by atoms with van der Waals surface area (Å²) in [6.45, 7) is 1.79. The van der Waals surface area contributed by atoms with Crippen LogP contribution in [0.3, 0.4) is 0 Å². The molecular formula is C29H26ClN3O4. The molecule has 1 aliphatic rings. The second-order valence-electron chi connectivity index (χ2n) is 8.70. The first-order valence-corrected chi connectivity index (χ1v) is 12.4. The molecule has 1 amide bonds. The number of aromatic amines is 1. The summed E-state index contributed by atoms with van der Waals surface area (Å²) in [4.78, 5) is 29.6. The van der Waals surface area contributed by atoms with Crippen molar-refractivity contribution in [1.82, 2.24) is 9.99 Å². The molecule has 2 heterocycles. The van der Waals surface area contributed by atoms with E-state index >= 15 is 0 Å². The number of nitrogens with one attached hydrogen (secondary N) is 1. The van der Waals surface area contributed by atoms with Crippen LogP contribution in [0.1, 0.15) is 36.9 Å². The molecule has 0 saturated carbocycles. The van der Waals surface area contributed by atoms with Crippen LogP contribution in [0.4, 0.5) is 0 Å². The Balaban J connectivity index is 1.73. The molecule has 0 bridgehead atoms. The predicted molar refractivity (Wildman–Crippen MR) is 146 cm³/mol. The molecule has 0 fully saturated rings. The van der Waals surface area contributed by atoms with E-state index in [1.807, 2.05) is 48.5 Å². The van der Waals surface area contributed by atoms with Crippen molar-refractivity contribution in [2.45, 2.75) is 25.8 Å². The van der Waals surface area contributed by atoms with E-state index in [-0.39, 0.29) is 17.9 Å². The normalized spacial score (nSPS) is 15.1. The third kappa shape index (κ3) is 4.36. The molecule has 5 rings (SSSR count). The van der Waals surface area contributed by atoms with Gasteiger partial charge in [0.2, 0.25) is 5.91 Å². The molecule has 1 N–H and O–H groups in total. The average molecular weight is 516 g/mol. The molecule has 0 radical (unpaired) electrons. The molecule has 1 aromatic heterocycles. The monoisotopic (exact) mass is 515 g/mol. The van der Waals surface area contributed by atoms with Crippen LogP contribution in [0.15, 0.2) is 76.6 Å². The SMILES string of the molecule is CCC(=O)N1N=C(c2c(-c3ccc(Cl)cc3)c3ccccc3[nH]c2=O)C[C@@H]1c1cccc(OC)c1OC. The molecule has 37 heavy (non-hydrogen) atoms. The van der Waals surface area contributed by atoms with Gasteiger partial charge in [0, 0.05) is 39.9 Å². The molecule has 0 unspecified atom stereocenters. The summed E-state index contributed by atoms with van der Waals surface area (Å²) < 4.78 is 11.2. The number of aromatic nitrogens is 1. The number of carbonyl (C=O) groups is 1. The number of hydrazone groups is 1. The minimum Gasteiger partial charge on any atom is -0.493 e. The van der Waals surface area contributed by atoms with Crippen molar-refractivity contribution in [1.29, 1.82) is 0 Å². The van der Waals surface area contributed by atoms with E-state index in [9.17, 15) is 9.59 Å². The second-order valence-corrected chi connectivity index (χ2v) is 9.13. The summed E-state index contributed by atoms with van der Waals surface area (Å²) >= 11 is 6.17. The summed E-state index contributed by atoms with van der Waals surface area (Å²) in [5.74, 6) is 0.934. The lowest BCUT2D eigenvalue weighted by molar-refractivity contribution is -0.132. The molecule has 1 aliphatic heterocycles. The van der Waals surface area contributed by atoms with Crippen molar-refractivity contribution in [3.8, 4) is 22.6 Å². The summed E-state index contributed by atoms with van der Waals surface area (Å²) in [6, 6.07) is 20.1. The van der Waals surface area contributed by atoms with Gasteiger partial charge in [-0.15, -0.1) is 0 Å². The highest BCUT2D eigenvalue weighted by molar-refractivity contribution is 6.30. The molecule has 1 atom stereocenters. The molecule has 0 aliphatic carbocycles. The average Bonchev–Trinajstić information content (AvgIpc) is 3.36. The molecular weight excluding hydrogens is 490 g/mol. The van der Waals surface area contributed by atoms with Crippen molar-refractivity contribution >= 4 is 34.1 Å². The summed E-state index contributed by atoms with van der Waals surface area (Å²) in [6.07, 6.45) is 0.592. The Kier molecular flexibility index (Phi) is 6.72. The zero-order chi connectivity index (χ0) is 26.1. The maximum atomic E-state index is 13.6. The van der Waals surface area contributed by atoms with E-state index in [2.05, 4.69) is 4.98 Å². The summed E-state index contributed by atoms with van der Waals surface area (Å²) in [5, 5.41) is 7.68. The largest absolute Gasteiger partial charge is 0.493 e. The Hall–Kier alpha value is -4.10. The van der Waals surface area contributed by atoms with Gasteiger partial charge in [-0.05, 0) is 29.8 Å². The molecule has 4 aromatic rings. The number of hydrogen-bond acceptors (Lipinski definition) is 5. The van der Waals surface area contributed by atoms with Gasteiger partial charge in [0.1, 0.15) is 0 Å². The van der Waals surface area contributed by atoms with Gasteiger partial charge >= 0.3 is 0 Å². The van der Waals surface area contributed by atoms with E-state index in [1.54, 1.807) is 39.3 Å². The fraction of sp³-hybridized carbons (Fsp3) is 0.207. The number of methoxy groups -OCH3 is 2. The summed E-state index contributed by atoms with van der Waals surface area (Å²) in [5.41, 5.74) is 3.73. The van der Waals surface area contributed by atoms with Crippen LogP contribution >= 0.6 is 11.6 Å². The molecule has 0 spiro atoms. The van der Waals surface area contributed by atoms with E-state index in [0.29, 0.717) is 39.7 Å². The standard InChI is InChI=1S/C29H26ClN3O4/c1-4-25(34)33-23(20-9-7-11-24(36-2)28(20)37-3)16-22(32-33)27-26(17-12-14-18(30)15-13-17)19-8-5-6-10-21(19)31-29(27)35/h5-15,23H,4,16H2,1-3H3,(H,31,35)/t23-/m1/s1. The number of pyridine rings is 1. The Morgan fingerprint density at radius 1 is 1.03 bits per heavy atom. The Bertz CT molecular complexity index is 1580. The number of hydrogen-bond donors (Lipinski definition) is 1. The first-order valence-electron chi connectivity index (χ1n) is 12.0. The maximum Gasteiger partial charge on any atom is 0.258 e. The summed E-state index contributed by atoms with van der Waals surface area (Å²) in [7, 11) is 3.14. The van der Waals surface area contributed by atoms with Gasteiger partial charge in [-0.1, -0.05) is 61.0 Å². The van der Waals surface area contributed by atoms with E-state index in [0.717, 1.165) is 22.1 Å². The van der Waals surface area contributed by atoms with Gasteiger partial charge in [0.05, 0.1) is 31.5 Å². The van der Waals surface area contributed by atoms with Crippen LogP contribution in [0.25, 0.3) is 22.0 Å². The van der Waals surface area contributed by atoms with Crippen LogP contribution in [-0.4, -0.2) is 35.8 Å². The van der Waals surface area contributed by atoms with E-state index in [4.69, 9.17) is 26.2 Å². The van der Waals surface area contributed by atoms with Crippen LogP contribution in [-0.2, 0) is 4.79 Å². The number of ether oxygens (including phenoxy) is 2.